The fraction of sp³-hybridized carbons (Fsp3) is 0.471. The molecule has 2 aromatic heterocycles. The Morgan fingerprint density at radius 2 is 2.24 bits per heavy atom. The molecule has 3 aromatic rings. The maximum atomic E-state index is 12.7. The highest BCUT2D eigenvalue weighted by atomic mass is 16.2. The van der Waals surface area contributed by atoms with Crippen LogP contribution in [0.25, 0.3) is 11.0 Å². The molecule has 1 fully saturated rings. The topological polar surface area (TPSA) is 92.6 Å². The summed E-state index contributed by atoms with van der Waals surface area (Å²) in [6.45, 7) is 5.16. The van der Waals surface area contributed by atoms with E-state index in [9.17, 15) is 4.79 Å². The molecule has 1 atom stereocenters. The van der Waals surface area contributed by atoms with Gasteiger partial charge in [-0.05, 0) is 48.7 Å². The quantitative estimate of drug-likeness (QED) is 0.784. The number of nitrogens with one attached hydrogen (secondary N) is 1. The number of carbonyl (C=O) groups is 1. The minimum absolute atomic E-state index is 0.0225. The Labute approximate surface area is 145 Å². The van der Waals surface area contributed by atoms with E-state index in [-0.39, 0.29) is 11.9 Å². The normalized spacial score (nSPS) is 17.5. The fourth-order valence-electron chi connectivity index (χ4n) is 3.50. The lowest BCUT2D eigenvalue weighted by molar-refractivity contribution is -0.132. The predicted octanol–water partition coefficient (Wildman–Crippen LogP) is 1.92. The van der Waals surface area contributed by atoms with Crippen molar-refractivity contribution in [2.45, 2.75) is 45.7 Å². The van der Waals surface area contributed by atoms with Crippen molar-refractivity contribution in [1.82, 2.24) is 35.1 Å². The first kappa shape index (κ1) is 15.7. The highest BCUT2D eigenvalue weighted by Crippen LogP contribution is 2.32. The number of aromatic amines is 1. The van der Waals surface area contributed by atoms with Crippen molar-refractivity contribution < 1.29 is 4.79 Å². The number of fused-ring (bicyclic) bond motifs is 1. The molecule has 1 N–H and O–H groups in total. The number of amides is 1. The van der Waals surface area contributed by atoms with Crippen LogP contribution in [0.1, 0.15) is 42.5 Å². The standard InChI is InChI=1S/C17H21N7O/c1-11-5-3-6-13-16(11)19-17(18-13)14-7-4-9-23(14)15(25)8-10-24-12(2)20-21-22-24/h3,5-6,14H,4,7-10H2,1-2H3,(H,18,19)/t14-/m1/s1. The highest BCUT2D eigenvalue weighted by molar-refractivity contribution is 5.79. The zero-order valence-corrected chi connectivity index (χ0v) is 14.4. The smallest absolute Gasteiger partial charge is 0.225 e. The summed E-state index contributed by atoms with van der Waals surface area (Å²) in [6, 6.07) is 6.12. The molecule has 0 aliphatic carbocycles. The Morgan fingerprint density at radius 1 is 1.36 bits per heavy atom. The number of para-hydroxylation sites is 1. The van der Waals surface area contributed by atoms with Gasteiger partial charge in [0.2, 0.25) is 5.91 Å². The summed E-state index contributed by atoms with van der Waals surface area (Å²) < 4.78 is 1.66. The minimum Gasteiger partial charge on any atom is -0.340 e. The molecule has 1 aliphatic heterocycles. The molecule has 0 spiro atoms. The van der Waals surface area contributed by atoms with Crippen molar-refractivity contribution >= 4 is 16.9 Å². The first-order chi connectivity index (χ1) is 12.1. The van der Waals surface area contributed by atoms with Crippen molar-refractivity contribution in [1.29, 1.82) is 0 Å². The zero-order chi connectivity index (χ0) is 17.4. The van der Waals surface area contributed by atoms with E-state index in [1.807, 2.05) is 24.0 Å². The molecule has 130 valence electrons. The first-order valence-corrected chi connectivity index (χ1v) is 8.61. The van der Waals surface area contributed by atoms with Crippen molar-refractivity contribution in [3.63, 3.8) is 0 Å². The summed E-state index contributed by atoms with van der Waals surface area (Å²) >= 11 is 0. The number of aromatic nitrogens is 6. The van der Waals surface area contributed by atoms with E-state index in [1.165, 1.54) is 0 Å². The van der Waals surface area contributed by atoms with Gasteiger partial charge in [0, 0.05) is 13.0 Å². The average Bonchev–Trinajstić information content (AvgIpc) is 3.31. The number of rotatable bonds is 4. The van der Waals surface area contributed by atoms with E-state index >= 15 is 0 Å². The van der Waals surface area contributed by atoms with Crippen molar-refractivity contribution in [3.8, 4) is 0 Å². The number of carbonyl (C=O) groups excluding carboxylic acids is 1. The van der Waals surface area contributed by atoms with Crippen molar-refractivity contribution in [3.05, 3.63) is 35.4 Å². The van der Waals surface area contributed by atoms with Crippen LogP contribution >= 0.6 is 0 Å². The number of likely N-dealkylation sites (tertiary alicyclic amines) is 1. The maximum Gasteiger partial charge on any atom is 0.225 e. The zero-order valence-electron chi connectivity index (χ0n) is 14.4. The second kappa shape index (κ2) is 6.27. The number of hydrogen-bond acceptors (Lipinski definition) is 5. The molecular formula is C17H21N7O. The summed E-state index contributed by atoms with van der Waals surface area (Å²) in [6.07, 6.45) is 2.33. The molecule has 0 unspecified atom stereocenters. The van der Waals surface area contributed by atoms with E-state index in [0.29, 0.717) is 13.0 Å². The number of hydrogen-bond donors (Lipinski definition) is 1. The van der Waals surface area contributed by atoms with Crippen LogP contribution in [0.5, 0.6) is 0 Å². The van der Waals surface area contributed by atoms with Crippen LogP contribution in [-0.2, 0) is 11.3 Å². The molecule has 1 amide bonds. The lowest BCUT2D eigenvalue weighted by atomic mass is 10.2. The average molecular weight is 339 g/mol. The Hall–Kier alpha value is -2.77. The van der Waals surface area contributed by atoms with Crippen LogP contribution in [0.2, 0.25) is 0 Å². The maximum absolute atomic E-state index is 12.7. The Bertz CT molecular complexity index is 913. The third-order valence-electron chi connectivity index (χ3n) is 4.87. The Morgan fingerprint density at radius 3 is 3.00 bits per heavy atom. The SMILES string of the molecule is Cc1cccc2[nH]c([C@H]3CCCN3C(=O)CCn3nnnc3C)nc12. The second-order valence-corrected chi connectivity index (χ2v) is 6.54. The number of nitrogens with zero attached hydrogens (tertiary/aromatic N) is 6. The van der Waals surface area contributed by atoms with Crippen LogP contribution in [0.3, 0.4) is 0 Å². The van der Waals surface area contributed by atoms with Crippen LogP contribution in [0.15, 0.2) is 18.2 Å². The summed E-state index contributed by atoms with van der Waals surface area (Å²) in [5, 5.41) is 11.4. The molecule has 0 saturated carbocycles. The lowest BCUT2D eigenvalue weighted by Gasteiger charge is -2.23. The van der Waals surface area contributed by atoms with E-state index in [0.717, 1.165) is 47.6 Å². The molecule has 3 heterocycles. The first-order valence-electron chi connectivity index (χ1n) is 8.61. The van der Waals surface area contributed by atoms with Crippen LogP contribution in [-0.4, -0.2) is 47.5 Å². The second-order valence-electron chi connectivity index (χ2n) is 6.54. The molecule has 8 nitrogen and oxygen atoms in total. The number of imidazole rings is 1. The van der Waals surface area contributed by atoms with Gasteiger partial charge in [-0.15, -0.1) is 5.10 Å². The number of benzene rings is 1. The van der Waals surface area contributed by atoms with Crippen LogP contribution in [0, 0.1) is 13.8 Å². The fourth-order valence-corrected chi connectivity index (χ4v) is 3.50. The lowest BCUT2D eigenvalue weighted by Crippen LogP contribution is -2.31. The third kappa shape index (κ3) is 2.88. The molecule has 4 rings (SSSR count). The van der Waals surface area contributed by atoms with E-state index in [4.69, 9.17) is 4.98 Å². The van der Waals surface area contributed by atoms with Gasteiger partial charge in [0.05, 0.1) is 23.6 Å². The third-order valence-corrected chi connectivity index (χ3v) is 4.87. The minimum atomic E-state index is 0.0225. The van der Waals surface area contributed by atoms with Crippen molar-refractivity contribution in [2.24, 2.45) is 0 Å². The summed E-state index contributed by atoms with van der Waals surface area (Å²) in [5.41, 5.74) is 3.16. The van der Waals surface area contributed by atoms with Gasteiger partial charge in [0.1, 0.15) is 11.6 Å². The number of H-pyrrole nitrogens is 1. The van der Waals surface area contributed by atoms with Crippen LogP contribution < -0.4 is 0 Å². The summed E-state index contributed by atoms with van der Waals surface area (Å²) in [5.74, 6) is 1.72. The van der Waals surface area contributed by atoms with Gasteiger partial charge in [-0.1, -0.05) is 12.1 Å². The molecule has 1 aromatic carbocycles. The molecule has 1 saturated heterocycles. The van der Waals surface area contributed by atoms with Gasteiger partial charge >= 0.3 is 0 Å². The van der Waals surface area contributed by atoms with Gasteiger partial charge < -0.3 is 9.88 Å². The predicted molar refractivity (Wildman–Crippen MR) is 91.7 cm³/mol. The largest absolute Gasteiger partial charge is 0.340 e. The van der Waals surface area contributed by atoms with E-state index in [1.54, 1.807) is 4.68 Å². The Kier molecular flexibility index (Phi) is 3.95. The molecule has 8 heteroatoms. The van der Waals surface area contributed by atoms with Gasteiger partial charge in [-0.3, -0.25) is 4.79 Å². The van der Waals surface area contributed by atoms with E-state index < -0.39 is 0 Å². The van der Waals surface area contributed by atoms with Gasteiger partial charge in [0.25, 0.3) is 0 Å². The number of tetrazole rings is 1. The van der Waals surface area contributed by atoms with E-state index in [2.05, 4.69) is 33.5 Å². The summed E-state index contributed by atoms with van der Waals surface area (Å²) in [4.78, 5) is 22.8. The summed E-state index contributed by atoms with van der Waals surface area (Å²) in [7, 11) is 0. The highest BCUT2D eigenvalue weighted by Gasteiger charge is 2.32. The molecule has 25 heavy (non-hydrogen) atoms. The molecular weight excluding hydrogens is 318 g/mol. The van der Waals surface area contributed by atoms with Crippen molar-refractivity contribution in [2.75, 3.05) is 6.54 Å². The van der Waals surface area contributed by atoms with Crippen LogP contribution in [0.4, 0.5) is 0 Å². The number of aryl methyl sites for hydroxylation is 3. The molecule has 0 bridgehead atoms. The van der Waals surface area contributed by atoms with Gasteiger partial charge in [-0.25, -0.2) is 9.67 Å². The molecule has 0 radical (unpaired) electrons. The van der Waals surface area contributed by atoms with Gasteiger partial charge in [0.15, 0.2) is 0 Å². The monoisotopic (exact) mass is 339 g/mol. The molecule has 1 aliphatic rings. The van der Waals surface area contributed by atoms with Gasteiger partial charge in [-0.2, -0.15) is 0 Å². The Balaban J connectivity index is 1.52.